The Morgan fingerprint density at radius 2 is 1.47 bits per heavy atom. The lowest BCUT2D eigenvalue weighted by Gasteiger charge is -2.35. The molecule has 1 saturated carbocycles. The van der Waals surface area contributed by atoms with Crippen molar-refractivity contribution in [2.24, 2.45) is 0 Å². The van der Waals surface area contributed by atoms with Crippen LogP contribution in [-0.4, -0.2) is 65.5 Å². The van der Waals surface area contributed by atoms with E-state index in [1.165, 1.54) is 18.6 Å². The molecule has 0 radical (unpaired) electrons. The van der Waals surface area contributed by atoms with Crippen molar-refractivity contribution in [1.29, 1.82) is 0 Å². The van der Waals surface area contributed by atoms with E-state index >= 15 is 0 Å². The molecule has 1 heterocycles. The predicted molar refractivity (Wildman–Crippen MR) is 213 cm³/mol. The van der Waals surface area contributed by atoms with Gasteiger partial charge in [-0.05, 0) is 78.7 Å². The molecule has 2 amide bonds. The smallest absolute Gasteiger partial charge is 0.410 e. The zero-order valence-electron chi connectivity index (χ0n) is 31.4. The number of halogens is 1. The lowest BCUT2D eigenvalue weighted by atomic mass is 9.94. The molecule has 10 heteroatoms. The molecule has 2 N–H and O–H groups in total. The SMILES string of the molecule is O=C(OCc1ccccc1)N(CCC(=O)N(CCNCCc1ccc(OCc2ccccc2)c2[nH]c(=O)ccc12)C1CCCCC1)CCc1cccc(F)c1. The monoisotopic (exact) mass is 746 g/mol. The van der Waals surface area contributed by atoms with Gasteiger partial charge in [0, 0.05) is 50.1 Å². The van der Waals surface area contributed by atoms with Crippen LogP contribution in [0.3, 0.4) is 0 Å². The van der Waals surface area contributed by atoms with Crippen molar-refractivity contribution in [2.75, 3.05) is 32.7 Å². The third-order valence-corrected chi connectivity index (χ3v) is 10.2. The van der Waals surface area contributed by atoms with Crippen molar-refractivity contribution in [3.05, 3.63) is 148 Å². The van der Waals surface area contributed by atoms with Gasteiger partial charge in [0.25, 0.3) is 0 Å². The molecular weight excluding hydrogens is 696 g/mol. The number of H-pyrrole nitrogens is 1. The summed E-state index contributed by atoms with van der Waals surface area (Å²) in [4.78, 5) is 46.1. The first-order valence-electron chi connectivity index (χ1n) is 19.4. The number of benzene rings is 4. The van der Waals surface area contributed by atoms with Crippen molar-refractivity contribution in [1.82, 2.24) is 20.1 Å². The summed E-state index contributed by atoms with van der Waals surface area (Å²) >= 11 is 0. The molecule has 9 nitrogen and oxygen atoms in total. The van der Waals surface area contributed by atoms with E-state index in [0.717, 1.165) is 59.7 Å². The fourth-order valence-electron chi connectivity index (χ4n) is 7.25. The largest absolute Gasteiger partial charge is 0.487 e. The molecule has 1 fully saturated rings. The molecule has 55 heavy (non-hydrogen) atoms. The van der Waals surface area contributed by atoms with E-state index in [4.69, 9.17) is 9.47 Å². The molecule has 0 spiro atoms. The Kier molecular flexibility index (Phi) is 14.5. The van der Waals surface area contributed by atoms with Crippen molar-refractivity contribution in [3.63, 3.8) is 0 Å². The molecule has 0 saturated heterocycles. The van der Waals surface area contributed by atoms with Gasteiger partial charge in [-0.1, -0.05) is 98.1 Å². The Balaban J connectivity index is 1.05. The number of pyridine rings is 1. The maximum atomic E-state index is 13.9. The highest BCUT2D eigenvalue weighted by molar-refractivity contribution is 5.87. The number of hydrogen-bond donors (Lipinski definition) is 2. The van der Waals surface area contributed by atoms with Gasteiger partial charge in [0.1, 0.15) is 24.8 Å². The van der Waals surface area contributed by atoms with Crippen molar-refractivity contribution in [3.8, 4) is 5.75 Å². The third-order valence-electron chi connectivity index (χ3n) is 10.2. The molecular formula is C45H51FN4O5. The summed E-state index contributed by atoms with van der Waals surface area (Å²) in [6.45, 7) is 2.91. The number of carbonyl (C=O) groups excluding carboxylic acids is 2. The van der Waals surface area contributed by atoms with Gasteiger partial charge in [-0.2, -0.15) is 0 Å². The van der Waals surface area contributed by atoms with E-state index < -0.39 is 6.09 Å². The first-order valence-corrected chi connectivity index (χ1v) is 19.4. The molecule has 1 aromatic heterocycles. The van der Waals surface area contributed by atoms with Gasteiger partial charge < -0.3 is 29.6 Å². The molecule has 6 rings (SSSR count). The summed E-state index contributed by atoms with van der Waals surface area (Å²) in [6.07, 6.45) is 6.14. The molecule has 0 unspecified atom stereocenters. The maximum absolute atomic E-state index is 13.9. The Morgan fingerprint density at radius 1 is 0.745 bits per heavy atom. The highest BCUT2D eigenvalue weighted by atomic mass is 19.1. The van der Waals surface area contributed by atoms with E-state index in [1.54, 1.807) is 17.0 Å². The van der Waals surface area contributed by atoms with Crippen molar-refractivity contribution >= 4 is 22.9 Å². The Morgan fingerprint density at radius 3 is 2.22 bits per heavy atom. The van der Waals surface area contributed by atoms with E-state index in [2.05, 4.69) is 10.3 Å². The number of aromatic amines is 1. The summed E-state index contributed by atoms with van der Waals surface area (Å²) in [5.41, 5.74) is 4.28. The molecule has 0 bridgehead atoms. The second-order valence-corrected chi connectivity index (χ2v) is 14.1. The quantitative estimate of drug-likeness (QED) is 0.0888. The van der Waals surface area contributed by atoms with Crippen molar-refractivity contribution in [2.45, 2.75) is 70.6 Å². The number of rotatable bonds is 18. The lowest BCUT2D eigenvalue weighted by molar-refractivity contribution is -0.134. The number of nitrogens with zero attached hydrogens (tertiary/aromatic N) is 2. The molecule has 1 aliphatic rings. The number of hydrogen-bond acceptors (Lipinski definition) is 6. The number of aromatic nitrogens is 1. The molecule has 288 valence electrons. The summed E-state index contributed by atoms with van der Waals surface area (Å²) < 4.78 is 25.7. The van der Waals surface area contributed by atoms with E-state index in [1.807, 2.05) is 89.8 Å². The van der Waals surface area contributed by atoms with Gasteiger partial charge in [0.2, 0.25) is 11.5 Å². The Labute approximate surface area is 322 Å². The standard InChI is InChI=1S/C45H51FN4O5/c46-38-16-10-15-34(31-38)24-28-49(45(53)55-33-36-13-6-2-7-14-36)29-25-43(52)50(39-17-8-3-9-18-39)30-27-47-26-23-37-19-21-41(44-40(37)20-22-42(51)48-44)54-32-35-11-4-1-5-12-35/h1-2,4-7,10-16,19-22,31,39,47H,3,8-9,17-18,23-30,32-33H2,(H,48,51). The zero-order valence-corrected chi connectivity index (χ0v) is 31.4. The van der Waals surface area contributed by atoms with Crippen LogP contribution in [-0.2, 0) is 35.6 Å². The van der Waals surface area contributed by atoms with Crippen LogP contribution in [0.25, 0.3) is 10.9 Å². The van der Waals surface area contributed by atoms with Crippen LogP contribution in [0.5, 0.6) is 5.75 Å². The first-order chi connectivity index (χ1) is 26.9. The minimum absolute atomic E-state index is 0.0151. The van der Waals surface area contributed by atoms with E-state index in [9.17, 15) is 18.8 Å². The van der Waals surface area contributed by atoms with Gasteiger partial charge in [0.05, 0.1) is 5.52 Å². The van der Waals surface area contributed by atoms with Gasteiger partial charge in [-0.15, -0.1) is 0 Å². The minimum Gasteiger partial charge on any atom is -0.487 e. The van der Waals surface area contributed by atoms with Gasteiger partial charge >= 0.3 is 6.09 Å². The zero-order chi connectivity index (χ0) is 38.2. The van der Waals surface area contributed by atoms with E-state index in [0.29, 0.717) is 50.5 Å². The molecule has 5 aromatic rings. The van der Waals surface area contributed by atoms with Crippen LogP contribution in [0.4, 0.5) is 9.18 Å². The average molecular weight is 747 g/mol. The molecule has 4 aromatic carbocycles. The average Bonchev–Trinajstić information content (AvgIpc) is 3.21. The lowest BCUT2D eigenvalue weighted by Crippen LogP contribution is -2.46. The number of fused-ring (bicyclic) bond motifs is 1. The number of carbonyl (C=O) groups is 2. The third kappa shape index (κ3) is 11.8. The van der Waals surface area contributed by atoms with E-state index in [-0.39, 0.29) is 42.9 Å². The fourth-order valence-corrected chi connectivity index (χ4v) is 7.25. The normalized spacial score (nSPS) is 13.0. The number of ether oxygens (including phenoxy) is 2. The maximum Gasteiger partial charge on any atom is 0.410 e. The number of nitrogens with one attached hydrogen (secondary N) is 2. The number of amides is 2. The Hall–Kier alpha value is -5.48. The molecule has 0 atom stereocenters. The minimum atomic E-state index is -0.494. The summed E-state index contributed by atoms with van der Waals surface area (Å²) in [5, 5.41) is 4.48. The Bertz CT molecular complexity index is 2030. The van der Waals surface area contributed by atoms with Crippen LogP contribution < -0.4 is 15.6 Å². The second kappa shape index (κ2) is 20.3. The van der Waals surface area contributed by atoms with Gasteiger partial charge in [-0.25, -0.2) is 9.18 Å². The van der Waals surface area contributed by atoms with Crippen molar-refractivity contribution < 1.29 is 23.5 Å². The van der Waals surface area contributed by atoms with Crippen LogP contribution in [0, 0.1) is 5.82 Å². The molecule has 1 aliphatic carbocycles. The highest BCUT2D eigenvalue weighted by Gasteiger charge is 2.26. The van der Waals surface area contributed by atoms with Crippen LogP contribution in [0.15, 0.2) is 114 Å². The van der Waals surface area contributed by atoms with Crippen LogP contribution >= 0.6 is 0 Å². The first kappa shape index (κ1) is 39.2. The van der Waals surface area contributed by atoms with Gasteiger partial charge in [0.15, 0.2) is 0 Å². The topological polar surface area (TPSA) is 104 Å². The molecule has 0 aliphatic heterocycles. The fraction of sp³-hybridized carbons (Fsp3) is 0.356. The highest BCUT2D eigenvalue weighted by Crippen LogP contribution is 2.27. The predicted octanol–water partition coefficient (Wildman–Crippen LogP) is 7.81. The summed E-state index contributed by atoms with van der Waals surface area (Å²) in [5.74, 6) is 0.322. The van der Waals surface area contributed by atoms with Crippen LogP contribution in [0.1, 0.15) is 60.8 Å². The summed E-state index contributed by atoms with van der Waals surface area (Å²) in [7, 11) is 0. The van der Waals surface area contributed by atoms with Crippen LogP contribution in [0.2, 0.25) is 0 Å². The van der Waals surface area contributed by atoms with Gasteiger partial charge in [-0.3, -0.25) is 9.59 Å². The second-order valence-electron chi connectivity index (χ2n) is 14.1. The summed E-state index contributed by atoms with van der Waals surface area (Å²) in [6, 6.07) is 33.3.